The maximum Gasteiger partial charge on any atom is 0.326 e. The summed E-state index contributed by atoms with van der Waals surface area (Å²) in [4.78, 5) is 197. The SMILES string of the molecule is CC[C@H](C)[C@H](NC(=O)[C@@H](NC(=O)[C@H](Cc1ccc(O)cc1)NC(=O)[C@H](CO)NC(=O)CNC(=O)[C@H](Cc1ccccc1)NC(=O)[C@@H](N)C(C)C)C(C)C)C(=O)N[C@@H](CCCNC(=N)N)C(=O)N[C@@H](CCCCN)C(=O)N[C@@H](Cc1ccccc1)C(=O)N[C@@H](Cc1ccccc1)C(=O)N[C@@H](CCC(=O)O)C(=O)N[C@@H](Cc1ccccc1)C(=O)O. The number of aliphatic hydroxyl groups excluding tert-OH is 1. The van der Waals surface area contributed by atoms with Crippen molar-refractivity contribution in [2.24, 2.45) is 35.0 Å². The minimum atomic E-state index is -1.73. The predicted octanol–water partition coefficient (Wildman–Crippen LogP) is -0.626. The number of rotatable bonds is 51. The van der Waals surface area contributed by atoms with E-state index >= 15 is 9.59 Å². The van der Waals surface area contributed by atoms with Gasteiger partial charge in [-0.2, -0.15) is 0 Å². The molecule has 640 valence electrons. The van der Waals surface area contributed by atoms with Crippen molar-refractivity contribution in [1.82, 2.24) is 69.1 Å². The van der Waals surface area contributed by atoms with Crippen LogP contribution < -0.4 is 86.3 Å². The van der Waals surface area contributed by atoms with Crippen molar-refractivity contribution < 1.29 is 87.5 Å². The van der Waals surface area contributed by atoms with E-state index in [1.54, 1.807) is 163 Å². The smallest absolute Gasteiger partial charge is 0.326 e. The molecule has 0 fully saturated rings. The molecule has 24 N–H and O–H groups in total. The Hall–Kier alpha value is -12.4. The maximum atomic E-state index is 15.0. The summed E-state index contributed by atoms with van der Waals surface area (Å²) in [6.45, 7) is 8.43. The Labute approximate surface area is 685 Å². The van der Waals surface area contributed by atoms with Crippen molar-refractivity contribution in [2.45, 2.75) is 198 Å². The Morgan fingerprint density at radius 2 is 0.746 bits per heavy atom. The standard InChI is InChI=1S/C83H115N17O18/c1-7-50(6)70(100-80(115)69(49(4)5)99-77(112)63(44-55-33-35-56(102)36-34-55)96-78(113)65(47-101)90-66(103)46-89-71(106)60(41-51-23-12-8-13-24-51)97-79(114)68(85)48(2)3)81(116)93-58(32-22-40-88-83(86)87)72(107)91-57(31-20-21-39-84)73(108)94-62(43-53-27-16-10-17-28-53)76(111)95-61(42-52-25-14-9-15-26-52)75(110)92-59(37-38-67(104)105)74(109)98-64(82(117)118)45-54-29-18-11-19-30-54/h8-19,23-30,33-36,48-50,57-65,68-70,101-102H,7,20-22,31-32,37-47,84-85H2,1-6H3,(H,89,106)(H,90,103)(H,91,107)(H,92,110)(H,93,116)(H,94,108)(H,95,111)(H,96,113)(H,97,114)(H,98,109)(H,99,112)(H,100,115)(H,104,105)(H,117,118)(H4,86,87,88)/t50-,57-,58-,59-,60-,61-,62-,63-,64-,65-,68-,69-,70-/m0/s1. The quantitative estimate of drug-likeness (QED) is 0.0131. The summed E-state index contributed by atoms with van der Waals surface area (Å²) in [6, 6.07) is 21.9. The van der Waals surface area contributed by atoms with Gasteiger partial charge < -0.3 is 107 Å². The van der Waals surface area contributed by atoms with E-state index in [2.05, 4.69) is 69.1 Å². The van der Waals surface area contributed by atoms with Crippen LogP contribution in [0.1, 0.15) is 121 Å². The highest BCUT2D eigenvalue weighted by Crippen LogP contribution is 2.18. The van der Waals surface area contributed by atoms with Crippen LogP contribution in [0.3, 0.4) is 0 Å². The van der Waals surface area contributed by atoms with Crippen molar-refractivity contribution in [3.8, 4) is 5.75 Å². The molecule has 5 rings (SSSR count). The molecular formula is C83H115N17O18. The third-order valence-corrected chi connectivity index (χ3v) is 19.4. The van der Waals surface area contributed by atoms with Crippen LogP contribution in [0.5, 0.6) is 5.75 Å². The Morgan fingerprint density at radius 1 is 0.390 bits per heavy atom. The first-order chi connectivity index (χ1) is 56.2. The van der Waals surface area contributed by atoms with E-state index in [4.69, 9.17) is 22.6 Å². The number of hydrogen-bond donors (Lipinski definition) is 21. The second-order valence-electron chi connectivity index (χ2n) is 29.5. The lowest BCUT2D eigenvalue weighted by molar-refractivity contribution is -0.143. The number of aromatic hydroxyl groups is 1. The highest BCUT2D eigenvalue weighted by Gasteiger charge is 2.39. The van der Waals surface area contributed by atoms with Crippen LogP contribution in [0.25, 0.3) is 0 Å². The molecule has 118 heavy (non-hydrogen) atoms. The van der Waals surface area contributed by atoms with E-state index in [-0.39, 0.29) is 89.0 Å². The molecule has 0 aromatic heterocycles. The summed E-state index contributed by atoms with van der Waals surface area (Å²) in [7, 11) is 0. The van der Waals surface area contributed by atoms with Gasteiger partial charge in [-0.1, -0.05) is 181 Å². The highest BCUT2D eigenvalue weighted by molar-refractivity contribution is 6.00. The lowest BCUT2D eigenvalue weighted by Crippen LogP contribution is -2.62. The number of nitrogens with one attached hydrogen (secondary N) is 14. The number of amides is 12. The molecule has 0 saturated heterocycles. The third-order valence-electron chi connectivity index (χ3n) is 19.4. The Balaban J connectivity index is 1.39. The fourth-order valence-corrected chi connectivity index (χ4v) is 12.3. The monoisotopic (exact) mass is 1640 g/mol. The van der Waals surface area contributed by atoms with Gasteiger partial charge in [-0.3, -0.25) is 67.7 Å². The molecule has 0 aliphatic rings. The van der Waals surface area contributed by atoms with Gasteiger partial charge in [0.1, 0.15) is 72.2 Å². The molecule has 5 aromatic rings. The van der Waals surface area contributed by atoms with E-state index in [9.17, 15) is 78.0 Å². The lowest BCUT2D eigenvalue weighted by atomic mass is 9.95. The summed E-state index contributed by atoms with van der Waals surface area (Å²) in [5, 5.41) is 82.1. The van der Waals surface area contributed by atoms with Crippen LogP contribution in [-0.2, 0) is 99.2 Å². The molecule has 0 bridgehead atoms. The van der Waals surface area contributed by atoms with Crippen LogP contribution >= 0.6 is 0 Å². The molecular weight excluding hydrogens is 1520 g/mol. The van der Waals surface area contributed by atoms with Crippen molar-refractivity contribution in [3.05, 3.63) is 173 Å². The molecule has 0 aliphatic heterocycles. The number of carboxylic acids is 2. The second-order valence-corrected chi connectivity index (χ2v) is 29.5. The number of carbonyl (C=O) groups is 14. The van der Waals surface area contributed by atoms with Crippen molar-refractivity contribution in [2.75, 3.05) is 26.2 Å². The fraction of sp³-hybridized carbons (Fsp3) is 0.458. The molecule has 13 atom stereocenters. The number of carboxylic acid groups (broad SMARTS) is 2. The summed E-state index contributed by atoms with van der Waals surface area (Å²) >= 11 is 0. The second kappa shape index (κ2) is 50.2. The van der Waals surface area contributed by atoms with E-state index < -0.39 is 199 Å². The van der Waals surface area contributed by atoms with Crippen LogP contribution in [0, 0.1) is 23.2 Å². The molecule has 0 unspecified atom stereocenters. The van der Waals surface area contributed by atoms with Crippen molar-refractivity contribution in [3.63, 3.8) is 0 Å². The van der Waals surface area contributed by atoms with Crippen LogP contribution in [0.4, 0.5) is 0 Å². The van der Waals surface area contributed by atoms with Gasteiger partial charge in [0, 0.05) is 45.1 Å². The minimum Gasteiger partial charge on any atom is -0.508 e. The van der Waals surface area contributed by atoms with E-state index in [1.807, 2.05) is 0 Å². The summed E-state index contributed by atoms with van der Waals surface area (Å²) in [5.74, 6) is -15.9. The molecule has 35 heteroatoms. The molecule has 0 radical (unpaired) electrons. The molecule has 0 aliphatic carbocycles. The van der Waals surface area contributed by atoms with Gasteiger partial charge >= 0.3 is 11.9 Å². The zero-order chi connectivity index (χ0) is 87.0. The number of hydrogen-bond acceptors (Lipinski definition) is 19. The number of aliphatic hydroxyl groups is 1. The van der Waals surface area contributed by atoms with Gasteiger partial charge in [0.05, 0.1) is 19.2 Å². The summed E-state index contributed by atoms with van der Waals surface area (Å²) in [5.41, 5.74) is 20.3. The zero-order valence-electron chi connectivity index (χ0n) is 67.3. The van der Waals surface area contributed by atoms with Gasteiger partial charge in [-0.25, -0.2) is 4.79 Å². The van der Waals surface area contributed by atoms with Gasteiger partial charge in [0.25, 0.3) is 0 Å². The third kappa shape index (κ3) is 33.8. The van der Waals surface area contributed by atoms with Gasteiger partial charge in [0.15, 0.2) is 5.96 Å². The number of carbonyl (C=O) groups excluding carboxylic acids is 12. The van der Waals surface area contributed by atoms with Gasteiger partial charge in [-0.05, 0) is 103 Å². The number of phenols is 1. The average Bonchev–Trinajstić information content (AvgIpc) is 0.845. The zero-order valence-corrected chi connectivity index (χ0v) is 67.3. The number of aliphatic carboxylic acids is 2. The van der Waals surface area contributed by atoms with Crippen LogP contribution in [0.15, 0.2) is 146 Å². The molecule has 0 spiro atoms. The molecule has 0 heterocycles. The number of guanidine groups is 1. The fourth-order valence-electron chi connectivity index (χ4n) is 12.3. The van der Waals surface area contributed by atoms with E-state index in [1.165, 1.54) is 24.3 Å². The summed E-state index contributed by atoms with van der Waals surface area (Å²) < 4.78 is 0. The summed E-state index contributed by atoms with van der Waals surface area (Å²) in [6.07, 6.45) is -1.35. The first-order valence-electron chi connectivity index (χ1n) is 39.3. The lowest BCUT2D eigenvalue weighted by Gasteiger charge is -2.31. The molecule has 0 saturated carbocycles. The number of unbranched alkanes of at least 4 members (excludes halogenated alkanes) is 1. The Morgan fingerprint density at radius 3 is 1.15 bits per heavy atom. The van der Waals surface area contributed by atoms with Gasteiger partial charge in [-0.15, -0.1) is 0 Å². The number of nitrogens with two attached hydrogens (primary N) is 3. The Bertz CT molecular complexity index is 4130. The van der Waals surface area contributed by atoms with Crippen LogP contribution in [0.2, 0.25) is 0 Å². The van der Waals surface area contributed by atoms with E-state index in [0.29, 0.717) is 34.2 Å². The van der Waals surface area contributed by atoms with Crippen molar-refractivity contribution >= 4 is 88.8 Å². The Kier molecular flexibility index (Phi) is 40.9. The largest absolute Gasteiger partial charge is 0.508 e. The first kappa shape index (κ1) is 96.2. The topological polar surface area (TPSA) is 578 Å². The molecule has 35 nitrogen and oxygen atoms in total. The normalized spacial score (nSPS) is 14.4. The predicted molar refractivity (Wildman–Crippen MR) is 437 cm³/mol. The number of benzene rings is 5. The average molecular weight is 1640 g/mol. The van der Waals surface area contributed by atoms with Crippen molar-refractivity contribution in [1.29, 1.82) is 5.41 Å². The van der Waals surface area contributed by atoms with Gasteiger partial charge in [0.2, 0.25) is 70.9 Å². The van der Waals surface area contributed by atoms with Crippen LogP contribution in [-0.4, -0.2) is 208 Å². The minimum absolute atomic E-state index is 0.0180. The first-order valence-corrected chi connectivity index (χ1v) is 39.3. The molecule has 12 amide bonds. The number of phenolic OH excluding ortho intramolecular Hbond substituents is 1. The molecule has 5 aromatic carbocycles. The maximum absolute atomic E-state index is 15.0. The highest BCUT2D eigenvalue weighted by atomic mass is 16.4. The van der Waals surface area contributed by atoms with E-state index in [0.717, 1.165) is 0 Å².